The van der Waals surface area contributed by atoms with Crippen molar-refractivity contribution in [3.05, 3.63) is 35.5 Å². The summed E-state index contributed by atoms with van der Waals surface area (Å²) in [5.41, 5.74) is 4.27. The van der Waals surface area contributed by atoms with Crippen LogP contribution >= 0.6 is 0 Å². The molecule has 22 heavy (non-hydrogen) atoms. The van der Waals surface area contributed by atoms with Crippen molar-refractivity contribution in [1.29, 1.82) is 0 Å². The SMILES string of the molecule is CC[C@H](CO)[C@H]1CCN2CCc3c([nH]c4ccccc34)[C@@H]2C1. The monoisotopic (exact) mass is 298 g/mol. The zero-order valence-corrected chi connectivity index (χ0v) is 13.4. The number of aromatic amines is 1. The molecule has 3 heteroatoms. The highest BCUT2D eigenvalue weighted by atomic mass is 16.3. The van der Waals surface area contributed by atoms with Gasteiger partial charge in [0.25, 0.3) is 0 Å². The molecule has 2 aromatic rings. The van der Waals surface area contributed by atoms with Gasteiger partial charge in [-0.1, -0.05) is 31.5 Å². The zero-order valence-electron chi connectivity index (χ0n) is 13.4. The number of rotatable bonds is 3. The van der Waals surface area contributed by atoms with E-state index < -0.39 is 0 Å². The smallest absolute Gasteiger partial charge is 0.0504 e. The molecule has 2 aliphatic heterocycles. The first kappa shape index (κ1) is 14.3. The number of aliphatic hydroxyl groups is 1. The largest absolute Gasteiger partial charge is 0.396 e. The Labute approximate surface area is 132 Å². The van der Waals surface area contributed by atoms with Gasteiger partial charge in [-0.05, 0) is 49.3 Å². The third kappa shape index (κ3) is 2.19. The molecule has 3 heterocycles. The Morgan fingerprint density at radius 1 is 1.32 bits per heavy atom. The molecule has 1 fully saturated rings. The third-order valence-electron chi connectivity index (χ3n) is 6.01. The molecule has 1 aromatic heterocycles. The molecule has 0 unspecified atom stereocenters. The average Bonchev–Trinajstić information content (AvgIpc) is 2.95. The molecule has 3 atom stereocenters. The van der Waals surface area contributed by atoms with Crippen molar-refractivity contribution in [2.45, 2.75) is 38.6 Å². The van der Waals surface area contributed by atoms with Gasteiger partial charge in [0.2, 0.25) is 0 Å². The molecule has 3 nitrogen and oxygen atoms in total. The highest BCUT2D eigenvalue weighted by Gasteiger charge is 2.37. The van der Waals surface area contributed by atoms with Gasteiger partial charge in [0.15, 0.2) is 0 Å². The van der Waals surface area contributed by atoms with Crippen molar-refractivity contribution in [3.63, 3.8) is 0 Å². The summed E-state index contributed by atoms with van der Waals surface area (Å²) >= 11 is 0. The van der Waals surface area contributed by atoms with Gasteiger partial charge in [0.05, 0.1) is 6.04 Å². The zero-order chi connectivity index (χ0) is 15.1. The fourth-order valence-corrected chi connectivity index (χ4v) is 4.68. The van der Waals surface area contributed by atoms with Gasteiger partial charge in [0, 0.05) is 29.7 Å². The molecule has 1 saturated heterocycles. The van der Waals surface area contributed by atoms with E-state index in [1.54, 1.807) is 0 Å². The molecular formula is C19H26N2O. The summed E-state index contributed by atoms with van der Waals surface area (Å²) in [6, 6.07) is 9.23. The quantitative estimate of drug-likeness (QED) is 0.910. The Kier molecular flexibility index (Phi) is 3.71. The highest BCUT2D eigenvalue weighted by molar-refractivity contribution is 5.85. The fraction of sp³-hybridized carbons (Fsp3) is 0.579. The second kappa shape index (κ2) is 5.71. The van der Waals surface area contributed by atoms with E-state index in [2.05, 4.69) is 41.1 Å². The Morgan fingerprint density at radius 3 is 3.00 bits per heavy atom. The maximum absolute atomic E-state index is 9.66. The lowest BCUT2D eigenvalue weighted by atomic mass is 9.77. The van der Waals surface area contributed by atoms with Gasteiger partial charge in [-0.25, -0.2) is 0 Å². The van der Waals surface area contributed by atoms with E-state index in [-0.39, 0.29) is 0 Å². The predicted molar refractivity (Wildman–Crippen MR) is 89.9 cm³/mol. The summed E-state index contributed by atoms with van der Waals surface area (Å²) in [5.74, 6) is 1.13. The van der Waals surface area contributed by atoms with Gasteiger partial charge >= 0.3 is 0 Å². The number of benzene rings is 1. The lowest BCUT2D eigenvalue weighted by Crippen LogP contribution is -2.43. The van der Waals surface area contributed by atoms with E-state index in [1.165, 1.54) is 48.1 Å². The van der Waals surface area contributed by atoms with Crippen molar-refractivity contribution in [2.75, 3.05) is 19.7 Å². The summed E-state index contributed by atoms with van der Waals surface area (Å²) < 4.78 is 0. The van der Waals surface area contributed by atoms with Gasteiger partial charge in [-0.3, -0.25) is 4.90 Å². The number of nitrogens with one attached hydrogen (secondary N) is 1. The summed E-state index contributed by atoms with van der Waals surface area (Å²) in [6.07, 6.45) is 4.69. The molecule has 2 N–H and O–H groups in total. The van der Waals surface area contributed by atoms with Crippen LogP contribution in [-0.2, 0) is 6.42 Å². The van der Waals surface area contributed by atoms with Crippen molar-refractivity contribution in [1.82, 2.24) is 9.88 Å². The number of piperidine rings is 1. The summed E-state index contributed by atoms with van der Waals surface area (Å²) in [6.45, 7) is 4.92. The van der Waals surface area contributed by atoms with Crippen molar-refractivity contribution >= 4 is 10.9 Å². The maximum Gasteiger partial charge on any atom is 0.0504 e. The fourth-order valence-electron chi connectivity index (χ4n) is 4.68. The summed E-state index contributed by atoms with van der Waals surface area (Å²) in [4.78, 5) is 6.36. The molecule has 118 valence electrons. The first-order valence-electron chi connectivity index (χ1n) is 8.76. The minimum atomic E-state index is 0.341. The number of para-hydroxylation sites is 1. The summed E-state index contributed by atoms with van der Waals surface area (Å²) in [5, 5.41) is 11.1. The number of H-pyrrole nitrogens is 1. The molecule has 0 spiro atoms. The highest BCUT2D eigenvalue weighted by Crippen LogP contribution is 2.43. The Morgan fingerprint density at radius 2 is 2.18 bits per heavy atom. The van der Waals surface area contributed by atoms with E-state index in [1.807, 2.05) is 0 Å². The second-order valence-electron chi connectivity index (χ2n) is 7.00. The molecule has 2 aliphatic rings. The first-order valence-corrected chi connectivity index (χ1v) is 8.76. The van der Waals surface area contributed by atoms with Crippen LogP contribution in [0.2, 0.25) is 0 Å². The number of hydrogen-bond donors (Lipinski definition) is 2. The van der Waals surface area contributed by atoms with Crippen LogP contribution in [0, 0.1) is 11.8 Å². The molecular weight excluding hydrogens is 272 g/mol. The van der Waals surface area contributed by atoms with Crippen molar-refractivity contribution in [2.24, 2.45) is 11.8 Å². The minimum absolute atomic E-state index is 0.341. The van der Waals surface area contributed by atoms with E-state index in [0.717, 1.165) is 12.8 Å². The number of aliphatic hydroxyl groups excluding tert-OH is 1. The Bertz CT molecular complexity index is 658. The van der Waals surface area contributed by atoms with Crippen LogP contribution in [0.5, 0.6) is 0 Å². The topological polar surface area (TPSA) is 39.3 Å². The van der Waals surface area contributed by atoms with Crippen LogP contribution < -0.4 is 0 Å². The lowest BCUT2D eigenvalue weighted by molar-refractivity contribution is 0.0557. The number of hydrogen-bond acceptors (Lipinski definition) is 2. The van der Waals surface area contributed by atoms with Crippen LogP contribution in [0.25, 0.3) is 10.9 Å². The number of fused-ring (bicyclic) bond motifs is 5. The maximum atomic E-state index is 9.66. The van der Waals surface area contributed by atoms with E-state index in [4.69, 9.17) is 0 Å². The first-order chi connectivity index (χ1) is 10.8. The van der Waals surface area contributed by atoms with Crippen molar-refractivity contribution < 1.29 is 5.11 Å². The summed E-state index contributed by atoms with van der Waals surface area (Å²) in [7, 11) is 0. The van der Waals surface area contributed by atoms with Crippen LogP contribution in [-0.4, -0.2) is 34.7 Å². The van der Waals surface area contributed by atoms with Crippen LogP contribution in [0.3, 0.4) is 0 Å². The number of aromatic nitrogens is 1. The normalized spacial score (nSPS) is 26.6. The lowest BCUT2D eigenvalue weighted by Gasteiger charge is -2.44. The van der Waals surface area contributed by atoms with E-state index in [9.17, 15) is 5.11 Å². The molecule has 4 rings (SSSR count). The molecule has 0 saturated carbocycles. The Balaban J connectivity index is 1.69. The van der Waals surface area contributed by atoms with Gasteiger partial charge in [-0.2, -0.15) is 0 Å². The predicted octanol–water partition coefficient (Wildman–Crippen LogP) is 3.50. The molecule has 0 bridgehead atoms. The molecule has 1 aromatic carbocycles. The third-order valence-corrected chi connectivity index (χ3v) is 6.01. The van der Waals surface area contributed by atoms with E-state index in [0.29, 0.717) is 24.5 Å². The van der Waals surface area contributed by atoms with Gasteiger partial charge in [-0.15, -0.1) is 0 Å². The van der Waals surface area contributed by atoms with E-state index >= 15 is 0 Å². The second-order valence-corrected chi connectivity index (χ2v) is 7.00. The molecule has 0 radical (unpaired) electrons. The molecule has 0 amide bonds. The molecule has 0 aliphatic carbocycles. The minimum Gasteiger partial charge on any atom is -0.396 e. The standard InChI is InChI=1S/C19H26N2O/c1-2-13(12-22)14-7-9-21-10-8-16-15-5-3-4-6-17(15)20-19(16)18(21)11-14/h3-6,13-14,18,20,22H,2,7-12H2,1H3/t13-,14+,18+/m1/s1. The van der Waals surface area contributed by atoms with Crippen LogP contribution in [0.1, 0.15) is 43.5 Å². The van der Waals surface area contributed by atoms with Crippen LogP contribution in [0.4, 0.5) is 0 Å². The van der Waals surface area contributed by atoms with Crippen molar-refractivity contribution in [3.8, 4) is 0 Å². The van der Waals surface area contributed by atoms with Crippen LogP contribution in [0.15, 0.2) is 24.3 Å². The Hall–Kier alpha value is -1.32. The van der Waals surface area contributed by atoms with Gasteiger partial charge < -0.3 is 10.1 Å². The average molecular weight is 298 g/mol. The van der Waals surface area contributed by atoms with Gasteiger partial charge in [0.1, 0.15) is 0 Å². The number of nitrogens with zero attached hydrogens (tertiary/aromatic N) is 1.